The van der Waals surface area contributed by atoms with E-state index >= 15 is 0 Å². The lowest BCUT2D eigenvalue weighted by molar-refractivity contribution is 0.481. The SMILES string of the molecule is Nc1ccc(N=Nc2ccc3ccc(N=Nc4ccc(N=Nc5ccc(N)cc5N)c(S(=O)(=O)O)c4)c(O)c3c2)c(N)c1. The summed E-state index contributed by atoms with van der Waals surface area (Å²) < 4.78 is 34.0. The molecule has 216 valence electrons. The first-order chi connectivity index (χ1) is 20.5. The topological polar surface area (TPSA) is 253 Å². The van der Waals surface area contributed by atoms with E-state index in [2.05, 4.69) is 30.7 Å². The average molecular weight is 597 g/mol. The van der Waals surface area contributed by atoms with Gasteiger partial charge in [-0.15, -0.1) is 20.5 Å². The number of rotatable bonds is 7. The van der Waals surface area contributed by atoms with Crippen molar-refractivity contribution in [2.24, 2.45) is 30.7 Å². The van der Waals surface area contributed by atoms with Crippen LogP contribution in [-0.2, 0) is 10.1 Å². The zero-order chi connectivity index (χ0) is 30.7. The molecule has 5 aromatic rings. The molecule has 0 saturated heterocycles. The van der Waals surface area contributed by atoms with Crippen molar-refractivity contribution in [2.75, 3.05) is 22.9 Å². The highest BCUT2D eigenvalue weighted by molar-refractivity contribution is 7.86. The predicted molar refractivity (Wildman–Crippen MR) is 165 cm³/mol. The number of azo groups is 3. The number of aromatic hydroxyl groups is 1. The van der Waals surface area contributed by atoms with E-state index in [1.807, 2.05) is 0 Å². The van der Waals surface area contributed by atoms with Crippen molar-refractivity contribution in [2.45, 2.75) is 4.90 Å². The van der Waals surface area contributed by atoms with E-state index in [0.29, 0.717) is 39.2 Å². The molecule has 0 bridgehead atoms. The Morgan fingerprint density at radius 3 is 1.60 bits per heavy atom. The number of nitrogen functional groups attached to an aromatic ring is 4. The molecule has 0 aliphatic rings. The summed E-state index contributed by atoms with van der Waals surface area (Å²) in [5.41, 5.74) is 25.8. The van der Waals surface area contributed by atoms with Crippen LogP contribution in [0.4, 0.5) is 56.9 Å². The molecule has 43 heavy (non-hydrogen) atoms. The fraction of sp³-hybridized carbons (Fsp3) is 0. The molecule has 5 aromatic carbocycles. The lowest BCUT2D eigenvalue weighted by Gasteiger charge is -2.06. The largest absolute Gasteiger partial charge is 0.505 e. The van der Waals surface area contributed by atoms with Crippen molar-refractivity contribution < 1.29 is 18.1 Å². The second-order valence-electron chi connectivity index (χ2n) is 9.20. The van der Waals surface area contributed by atoms with Crippen LogP contribution in [-0.4, -0.2) is 18.1 Å². The Kier molecular flexibility index (Phi) is 7.66. The molecule has 15 heteroatoms. The lowest BCUT2D eigenvalue weighted by atomic mass is 10.1. The van der Waals surface area contributed by atoms with Gasteiger partial charge in [0.2, 0.25) is 0 Å². The number of phenols is 1. The summed E-state index contributed by atoms with van der Waals surface area (Å²) in [5.74, 6) is -0.188. The minimum absolute atomic E-state index is 0.0571. The van der Waals surface area contributed by atoms with Gasteiger partial charge in [0.15, 0.2) is 5.75 Å². The average Bonchev–Trinajstić information content (AvgIpc) is 2.96. The number of anilines is 4. The van der Waals surface area contributed by atoms with E-state index in [9.17, 15) is 18.1 Å². The molecule has 14 nitrogen and oxygen atoms in total. The van der Waals surface area contributed by atoms with Crippen LogP contribution < -0.4 is 22.9 Å². The molecular formula is C28H24N10O4S. The molecule has 10 N–H and O–H groups in total. The van der Waals surface area contributed by atoms with Crippen molar-refractivity contribution in [3.05, 3.63) is 84.9 Å². The van der Waals surface area contributed by atoms with Gasteiger partial charge in [-0.1, -0.05) is 12.1 Å². The molecule has 0 radical (unpaired) electrons. The Morgan fingerprint density at radius 2 is 1.00 bits per heavy atom. The van der Waals surface area contributed by atoms with Crippen LogP contribution in [0.2, 0.25) is 0 Å². The van der Waals surface area contributed by atoms with E-state index in [4.69, 9.17) is 22.9 Å². The zero-order valence-electron chi connectivity index (χ0n) is 22.2. The molecule has 5 rings (SSSR count). The summed E-state index contributed by atoms with van der Waals surface area (Å²) in [4.78, 5) is -0.554. The van der Waals surface area contributed by atoms with Gasteiger partial charge in [0.1, 0.15) is 27.6 Å². The first kappa shape index (κ1) is 28.6. The molecule has 0 unspecified atom stereocenters. The van der Waals surface area contributed by atoms with Gasteiger partial charge in [-0.3, -0.25) is 4.55 Å². The van der Waals surface area contributed by atoms with Gasteiger partial charge in [0.25, 0.3) is 10.1 Å². The lowest BCUT2D eigenvalue weighted by Crippen LogP contribution is -1.98. The quantitative estimate of drug-likeness (QED) is 0.0626. The molecule has 0 amide bonds. The number of fused-ring (bicyclic) bond motifs is 1. The summed E-state index contributed by atoms with van der Waals surface area (Å²) in [7, 11) is -4.72. The van der Waals surface area contributed by atoms with Crippen LogP contribution in [0.5, 0.6) is 5.75 Å². The standard InChI is InChI=1S/C28H24N10O4S/c29-16-3-8-23(21(31)11-16)35-33-18-5-1-15-2-7-26(28(39)20(15)13-18)38-34-19-6-10-25(27(14-19)43(40,41)42)37-36-24-9-4-17(30)12-22(24)32/h1-14,39H,29-32H2,(H,40,41,42). The monoisotopic (exact) mass is 596 g/mol. The molecule has 0 fully saturated rings. The van der Waals surface area contributed by atoms with Crippen LogP contribution in [0, 0.1) is 0 Å². The number of hydrogen-bond acceptors (Lipinski definition) is 13. The smallest absolute Gasteiger partial charge is 0.296 e. The van der Waals surface area contributed by atoms with E-state index < -0.39 is 15.0 Å². The van der Waals surface area contributed by atoms with Crippen LogP contribution in [0.3, 0.4) is 0 Å². The Labute approximate surface area is 244 Å². The van der Waals surface area contributed by atoms with Crippen LogP contribution in [0.15, 0.2) is 121 Å². The highest BCUT2D eigenvalue weighted by Gasteiger charge is 2.17. The zero-order valence-corrected chi connectivity index (χ0v) is 23.0. The highest BCUT2D eigenvalue weighted by atomic mass is 32.2. The number of phenolic OH excluding ortho intramolecular Hbond substituents is 1. The maximum absolute atomic E-state index is 12.1. The molecule has 0 aliphatic heterocycles. The first-order valence-electron chi connectivity index (χ1n) is 12.4. The third kappa shape index (κ3) is 6.53. The summed E-state index contributed by atoms with van der Waals surface area (Å²) >= 11 is 0. The second-order valence-corrected chi connectivity index (χ2v) is 10.6. The maximum Gasteiger partial charge on any atom is 0.296 e. The van der Waals surface area contributed by atoms with Crippen molar-refractivity contribution in [1.82, 2.24) is 0 Å². The van der Waals surface area contributed by atoms with E-state index in [1.165, 1.54) is 24.3 Å². The van der Waals surface area contributed by atoms with Gasteiger partial charge in [-0.05, 0) is 78.2 Å². The summed E-state index contributed by atoms with van der Waals surface area (Å²) in [6.45, 7) is 0. The minimum atomic E-state index is -4.72. The van der Waals surface area contributed by atoms with E-state index in [-0.39, 0.29) is 34.2 Å². The fourth-order valence-corrected chi connectivity index (χ4v) is 4.58. The Morgan fingerprint density at radius 1 is 0.535 bits per heavy atom. The molecular weight excluding hydrogens is 572 g/mol. The van der Waals surface area contributed by atoms with Crippen molar-refractivity contribution in [3.8, 4) is 5.75 Å². The Balaban J connectivity index is 1.43. The van der Waals surface area contributed by atoms with Gasteiger partial charge in [-0.25, -0.2) is 0 Å². The number of nitrogens with zero attached hydrogens (tertiary/aromatic N) is 6. The van der Waals surface area contributed by atoms with Crippen molar-refractivity contribution >= 4 is 77.8 Å². The summed E-state index contributed by atoms with van der Waals surface area (Å²) in [6, 6.07) is 21.5. The molecule has 0 heterocycles. The number of nitrogens with two attached hydrogens (primary N) is 4. The first-order valence-corrected chi connectivity index (χ1v) is 13.8. The van der Waals surface area contributed by atoms with Crippen LogP contribution in [0.25, 0.3) is 10.8 Å². The Bertz CT molecular complexity index is 2080. The van der Waals surface area contributed by atoms with Gasteiger partial charge in [-0.2, -0.15) is 18.6 Å². The van der Waals surface area contributed by atoms with Crippen LogP contribution in [0.1, 0.15) is 0 Å². The summed E-state index contributed by atoms with van der Waals surface area (Å²) in [5, 5.41) is 36.4. The molecule has 0 atom stereocenters. The highest BCUT2D eigenvalue weighted by Crippen LogP contribution is 2.39. The molecule has 0 saturated carbocycles. The predicted octanol–water partition coefficient (Wildman–Crippen LogP) is 7.37. The van der Waals surface area contributed by atoms with E-state index in [1.54, 1.807) is 54.6 Å². The third-order valence-corrected chi connectivity index (χ3v) is 6.97. The number of hydrogen-bond donors (Lipinski definition) is 6. The second kappa shape index (κ2) is 11.5. The molecule has 0 aliphatic carbocycles. The fourth-order valence-electron chi connectivity index (χ4n) is 3.94. The molecule has 0 aromatic heterocycles. The normalized spacial score (nSPS) is 12.2. The molecule has 0 spiro atoms. The maximum atomic E-state index is 12.1. The van der Waals surface area contributed by atoms with Crippen LogP contribution >= 0.6 is 0 Å². The van der Waals surface area contributed by atoms with Gasteiger partial charge in [0.05, 0.1) is 22.7 Å². The minimum Gasteiger partial charge on any atom is -0.505 e. The van der Waals surface area contributed by atoms with Gasteiger partial charge >= 0.3 is 0 Å². The van der Waals surface area contributed by atoms with Gasteiger partial charge < -0.3 is 28.0 Å². The Hall–Kier alpha value is -5.93. The van der Waals surface area contributed by atoms with Crippen molar-refractivity contribution in [1.29, 1.82) is 0 Å². The number of benzene rings is 5. The van der Waals surface area contributed by atoms with E-state index in [0.717, 1.165) is 6.07 Å². The third-order valence-electron chi connectivity index (χ3n) is 6.09. The van der Waals surface area contributed by atoms with Crippen molar-refractivity contribution in [3.63, 3.8) is 0 Å². The summed E-state index contributed by atoms with van der Waals surface area (Å²) in [6.07, 6.45) is 0. The van der Waals surface area contributed by atoms with Gasteiger partial charge in [0, 0.05) is 16.8 Å².